The van der Waals surface area contributed by atoms with Crippen molar-refractivity contribution in [2.24, 2.45) is 0 Å². The van der Waals surface area contributed by atoms with Gasteiger partial charge in [-0.25, -0.2) is 0 Å². The number of hydrogen-bond donors (Lipinski definition) is 0. The van der Waals surface area contributed by atoms with Gasteiger partial charge in [-0.3, -0.25) is 0 Å². The molecule has 2 aromatic rings. The van der Waals surface area contributed by atoms with E-state index in [4.69, 9.17) is 46.4 Å². The number of benzene rings is 2. The van der Waals surface area contributed by atoms with Gasteiger partial charge in [0, 0.05) is 0 Å². The first-order valence-corrected chi connectivity index (χ1v) is 9.79. The number of hydrogen-bond acceptors (Lipinski definition) is 0. The zero-order valence-electron chi connectivity index (χ0n) is 11.5. The van der Waals surface area contributed by atoms with E-state index < -0.39 is 9.67 Å². The SMILES string of the molecule is Cc1ccc([Se]c2ccc(C)c(C(Cl)Cl)c2)cc1C(Cl)Cl. The summed E-state index contributed by atoms with van der Waals surface area (Å²) in [6, 6.07) is 12.5. The van der Waals surface area contributed by atoms with Crippen molar-refractivity contribution in [1.82, 2.24) is 0 Å². The van der Waals surface area contributed by atoms with Crippen LogP contribution in [0.2, 0.25) is 0 Å². The second-order valence-corrected chi connectivity index (χ2v) is 9.34. The van der Waals surface area contributed by atoms with E-state index in [2.05, 4.69) is 36.4 Å². The molecule has 0 aromatic heterocycles. The van der Waals surface area contributed by atoms with Crippen molar-refractivity contribution < 1.29 is 0 Å². The molecule has 0 aliphatic rings. The zero-order valence-corrected chi connectivity index (χ0v) is 16.3. The van der Waals surface area contributed by atoms with E-state index in [1.54, 1.807) is 0 Å². The van der Waals surface area contributed by atoms with Gasteiger partial charge in [-0.15, -0.1) is 0 Å². The summed E-state index contributed by atoms with van der Waals surface area (Å²) in [5.41, 5.74) is 4.15. The third kappa shape index (κ3) is 4.55. The quantitative estimate of drug-likeness (QED) is 0.481. The van der Waals surface area contributed by atoms with Crippen LogP contribution in [-0.2, 0) is 0 Å². The van der Waals surface area contributed by atoms with E-state index in [1.807, 2.05) is 13.8 Å². The fraction of sp³-hybridized carbons (Fsp3) is 0.250. The minimum atomic E-state index is -0.496. The molecule has 5 heteroatoms. The van der Waals surface area contributed by atoms with Crippen LogP contribution in [0.1, 0.15) is 31.9 Å². The second-order valence-electron chi connectivity index (χ2n) is 4.74. The van der Waals surface area contributed by atoms with Crippen molar-refractivity contribution in [3.63, 3.8) is 0 Å². The molecular weight excluding hydrogens is 413 g/mol. The van der Waals surface area contributed by atoms with Crippen LogP contribution in [0.3, 0.4) is 0 Å². The predicted octanol–water partition coefficient (Wildman–Crippen LogP) is 4.91. The molecule has 0 fully saturated rings. The van der Waals surface area contributed by atoms with Crippen molar-refractivity contribution in [3.05, 3.63) is 58.7 Å². The first-order valence-electron chi connectivity index (χ1n) is 6.33. The summed E-state index contributed by atoms with van der Waals surface area (Å²) in [7, 11) is 0. The van der Waals surface area contributed by atoms with Crippen molar-refractivity contribution in [2.45, 2.75) is 23.5 Å². The Hall–Kier alpha value is 0.119. The Kier molecular flexibility index (Phi) is 6.32. The second kappa shape index (κ2) is 7.59. The molecule has 0 atom stereocenters. The molecule has 0 amide bonds. The van der Waals surface area contributed by atoms with Gasteiger partial charge in [0.25, 0.3) is 0 Å². The van der Waals surface area contributed by atoms with Crippen LogP contribution in [0.15, 0.2) is 36.4 Å². The Morgan fingerprint density at radius 2 is 1.10 bits per heavy atom. The summed E-state index contributed by atoms with van der Waals surface area (Å²) in [4.78, 5) is -0.992. The molecule has 21 heavy (non-hydrogen) atoms. The van der Waals surface area contributed by atoms with Crippen molar-refractivity contribution in [3.8, 4) is 0 Å². The average Bonchev–Trinajstić information content (AvgIpc) is 2.42. The van der Waals surface area contributed by atoms with E-state index in [9.17, 15) is 0 Å². The Morgan fingerprint density at radius 3 is 1.43 bits per heavy atom. The fourth-order valence-corrected chi connectivity index (χ4v) is 4.83. The van der Waals surface area contributed by atoms with Gasteiger partial charge in [0.05, 0.1) is 0 Å². The summed E-state index contributed by atoms with van der Waals surface area (Å²) < 4.78 is 2.45. The molecule has 0 N–H and O–H groups in total. The third-order valence-electron chi connectivity index (χ3n) is 3.21. The van der Waals surface area contributed by atoms with E-state index in [0.717, 1.165) is 22.3 Å². The maximum absolute atomic E-state index is 6.01. The zero-order chi connectivity index (χ0) is 15.6. The van der Waals surface area contributed by atoms with Crippen molar-refractivity contribution >= 4 is 70.3 Å². The number of rotatable bonds is 4. The first-order chi connectivity index (χ1) is 9.88. The molecular formula is C16H14Cl4Se. The normalized spacial score (nSPS) is 11.4. The molecule has 0 aliphatic heterocycles. The third-order valence-corrected chi connectivity index (χ3v) is 6.20. The number of halogens is 4. The van der Waals surface area contributed by atoms with Crippen LogP contribution in [0.4, 0.5) is 0 Å². The average molecular weight is 427 g/mol. The van der Waals surface area contributed by atoms with Crippen LogP contribution >= 0.6 is 46.4 Å². The Balaban J connectivity index is 2.30. The summed E-state index contributed by atoms with van der Waals surface area (Å²) in [5, 5.41) is 0. The fourth-order valence-electron chi connectivity index (χ4n) is 1.97. The van der Waals surface area contributed by atoms with Gasteiger partial charge >= 0.3 is 152 Å². The van der Waals surface area contributed by atoms with Crippen LogP contribution in [-0.4, -0.2) is 15.0 Å². The molecule has 112 valence electrons. The molecule has 2 rings (SSSR count). The molecule has 0 saturated carbocycles. The van der Waals surface area contributed by atoms with Crippen LogP contribution in [0.5, 0.6) is 0 Å². The molecule has 2 aromatic carbocycles. The molecule has 0 bridgehead atoms. The molecule has 0 saturated heterocycles. The molecule has 0 aliphatic carbocycles. The van der Waals surface area contributed by atoms with Gasteiger partial charge in [-0.2, -0.15) is 0 Å². The van der Waals surface area contributed by atoms with E-state index in [-0.39, 0.29) is 15.0 Å². The summed E-state index contributed by atoms with van der Waals surface area (Å²) >= 11 is 24.2. The van der Waals surface area contributed by atoms with E-state index in [1.165, 1.54) is 8.92 Å². The topological polar surface area (TPSA) is 0 Å². The Labute approximate surface area is 151 Å². The van der Waals surface area contributed by atoms with Crippen molar-refractivity contribution in [2.75, 3.05) is 0 Å². The van der Waals surface area contributed by atoms with Gasteiger partial charge in [0.2, 0.25) is 0 Å². The molecule has 0 unspecified atom stereocenters. The van der Waals surface area contributed by atoms with E-state index in [0.29, 0.717) is 0 Å². The summed E-state index contributed by atoms with van der Waals surface area (Å²) in [6.07, 6.45) is 0. The van der Waals surface area contributed by atoms with Crippen LogP contribution < -0.4 is 8.92 Å². The Morgan fingerprint density at radius 1 is 0.714 bits per heavy atom. The van der Waals surface area contributed by atoms with Crippen LogP contribution in [0.25, 0.3) is 0 Å². The number of alkyl halides is 4. The molecule has 0 spiro atoms. The maximum atomic E-state index is 6.01. The molecule has 0 heterocycles. The van der Waals surface area contributed by atoms with E-state index >= 15 is 0 Å². The number of aryl methyl sites for hydroxylation is 2. The van der Waals surface area contributed by atoms with Crippen LogP contribution in [0, 0.1) is 13.8 Å². The van der Waals surface area contributed by atoms with Gasteiger partial charge in [-0.05, 0) is 0 Å². The monoisotopic (exact) mass is 426 g/mol. The molecule has 0 radical (unpaired) electrons. The van der Waals surface area contributed by atoms with Gasteiger partial charge in [0.15, 0.2) is 0 Å². The standard InChI is InChI=1S/C16H14Cl4Se/c1-9-3-5-11(7-13(9)15(17)18)21-12-6-4-10(2)14(8-12)16(19)20/h3-8,15-16H,1-2H3. The summed E-state index contributed by atoms with van der Waals surface area (Å²) in [6.45, 7) is 4.03. The first kappa shape index (κ1) is 17.5. The van der Waals surface area contributed by atoms with Crippen molar-refractivity contribution in [1.29, 1.82) is 0 Å². The molecule has 0 nitrogen and oxygen atoms in total. The predicted molar refractivity (Wildman–Crippen MR) is 96.3 cm³/mol. The summed E-state index contributed by atoms with van der Waals surface area (Å²) in [5.74, 6) is 0. The Bertz CT molecular complexity index is 583. The van der Waals surface area contributed by atoms with Gasteiger partial charge < -0.3 is 0 Å². The minimum absolute atomic E-state index is 0.163. The van der Waals surface area contributed by atoms with Gasteiger partial charge in [-0.1, -0.05) is 0 Å². The van der Waals surface area contributed by atoms with Gasteiger partial charge in [0.1, 0.15) is 0 Å².